The van der Waals surface area contributed by atoms with Gasteiger partial charge >= 0.3 is 0 Å². The van der Waals surface area contributed by atoms with Gasteiger partial charge in [0.25, 0.3) is 6.43 Å². The zero-order chi connectivity index (χ0) is 22.1. The molecule has 0 unspecified atom stereocenters. The third kappa shape index (κ3) is 3.87. The molecule has 1 aliphatic rings. The van der Waals surface area contributed by atoms with E-state index in [0.717, 1.165) is 0 Å². The van der Waals surface area contributed by atoms with E-state index >= 15 is 0 Å². The summed E-state index contributed by atoms with van der Waals surface area (Å²) in [5.41, 5.74) is 7.10. The van der Waals surface area contributed by atoms with Crippen molar-refractivity contribution in [1.29, 1.82) is 0 Å². The zero-order valence-electron chi connectivity index (χ0n) is 16.8. The van der Waals surface area contributed by atoms with Crippen molar-refractivity contribution in [2.45, 2.75) is 6.43 Å². The van der Waals surface area contributed by atoms with Gasteiger partial charge in [0.2, 0.25) is 17.8 Å². The Balaban J connectivity index is 1.65. The fourth-order valence-electron chi connectivity index (χ4n) is 3.41. The van der Waals surface area contributed by atoms with Gasteiger partial charge < -0.3 is 20.7 Å². The van der Waals surface area contributed by atoms with Gasteiger partial charge in [0.1, 0.15) is 5.82 Å². The first kappa shape index (κ1) is 20.0. The molecule has 0 saturated carbocycles. The largest absolute Gasteiger partial charge is 0.397 e. The summed E-state index contributed by atoms with van der Waals surface area (Å²) < 4.78 is 34.4. The highest BCUT2D eigenvalue weighted by Gasteiger charge is 2.24. The van der Waals surface area contributed by atoms with Gasteiger partial charge in [-0.05, 0) is 24.3 Å². The molecule has 0 bridgehead atoms. The van der Waals surface area contributed by atoms with Crippen LogP contribution in [0.3, 0.4) is 0 Å². The van der Waals surface area contributed by atoms with Gasteiger partial charge in [-0.3, -0.25) is 4.57 Å². The molecule has 0 aliphatic carbocycles. The maximum absolute atomic E-state index is 13.9. The molecule has 0 radical (unpaired) electrons. The van der Waals surface area contributed by atoms with Crippen LogP contribution in [0.1, 0.15) is 12.2 Å². The molecule has 32 heavy (non-hydrogen) atoms. The van der Waals surface area contributed by atoms with Crippen LogP contribution in [0.5, 0.6) is 0 Å². The van der Waals surface area contributed by atoms with E-state index in [1.807, 2.05) is 4.90 Å². The van der Waals surface area contributed by atoms with E-state index in [1.165, 1.54) is 10.8 Å². The topological polar surface area (TPSA) is 120 Å². The van der Waals surface area contributed by atoms with Crippen LogP contribution in [-0.4, -0.2) is 55.8 Å². The Hall–Kier alpha value is -3.93. The molecule has 1 aliphatic heterocycles. The molecule has 1 aromatic carbocycles. The number of nitrogens with zero attached hydrogens (tertiary/aromatic N) is 7. The number of fused-ring (bicyclic) bond motifs is 1. The van der Waals surface area contributed by atoms with Crippen molar-refractivity contribution in [2.24, 2.45) is 0 Å². The van der Waals surface area contributed by atoms with Crippen molar-refractivity contribution in [1.82, 2.24) is 29.5 Å². The predicted molar refractivity (Wildman–Crippen MR) is 114 cm³/mol. The fraction of sp³-hybridized carbons (Fsp3) is 0.250. The molecular weight excluding hydrogens is 420 g/mol. The lowest BCUT2D eigenvalue weighted by Crippen LogP contribution is -2.37. The lowest BCUT2D eigenvalue weighted by Gasteiger charge is -2.27. The number of aromatic nitrogens is 6. The van der Waals surface area contributed by atoms with Crippen LogP contribution in [0.2, 0.25) is 0 Å². The Morgan fingerprint density at radius 3 is 2.50 bits per heavy atom. The Labute approximate surface area is 181 Å². The smallest absolute Gasteiger partial charge is 0.296 e. The van der Waals surface area contributed by atoms with Crippen molar-refractivity contribution in [3.63, 3.8) is 0 Å². The molecule has 4 aromatic rings. The standard InChI is InChI=1S/C20H19F2N9O/c21-16(22)17-25-13-3-1-2-4-14(13)31(17)20-28-18(26-15-6-5-12(23)11-24-15)27-19(29-20)30-7-9-32-10-8-30/h1-6,11,16H,7-10,23H2,(H,24,26,27,28,29). The number of benzene rings is 1. The lowest BCUT2D eigenvalue weighted by atomic mass is 10.3. The Morgan fingerprint density at radius 2 is 1.75 bits per heavy atom. The molecule has 0 spiro atoms. The quantitative estimate of drug-likeness (QED) is 0.484. The number of anilines is 4. The Bertz CT molecular complexity index is 1240. The molecule has 5 rings (SSSR count). The molecule has 3 N–H and O–H groups in total. The Morgan fingerprint density at radius 1 is 0.969 bits per heavy atom. The SMILES string of the molecule is Nc1ccc(Nc2nc(N3CCOCC3)nc(-n3c(C(F)F)nc4ccccc43)n2)nc1. The summed E-state index contributed by atoms with van der Waals surface area (Å²) in [6.45, 7) is 2.16. The molecule has 1 saturated heterocycles. The van der Waals surface area contributed by atoms with E-state index in [-0.39, 0.29) is 11.9 Å². The van der Waals surface area contributed by atoms with Crippen LogP contribution in [0, 0.1) is 0 Å². The van der Waals surface area contributed by atoms with E-state index in [9.17, 15) is 8.78 Å². The second-order valence-electron chi connectivity index (χ2n) is 7.06. The van der Waals surface area contributed by atoms with Crippen LogP contribution in [0.25, 0.3) is 17.0 Å². The summed E-state index contributed by atoms with van der Waals surface area (Å²) in [5, 5.41) is 3.00. The van der Waals surface area contributed by atoms with Gasteiger partial charge in [-0.25, -0.2) is 18.7 Å². The fourth-order valence-corrected chi connectivity index (χ4v) is 3.41. The predicted octanol–water partition coefficient (Wildman–Crippen LogP) is 2.71. The second-order valence-corrected chi connectivity index (χ2v) is 7.06. The van der Waals surface area contributed by atoms with Gasteiger partial charge in [0.05, 0.1) is 36.1 Å². The average Bonchev–Trinajstić information content (AvgIpc) is 3.21. The second kappa shape index (κ2) is 8.30. The van der Waals surface area contributed by atoms with E-state index in [4.69, 9.17) is 10.5 Å². The number of nitrogens with two attached hydrogens (primary N) is 1. The number of morpholine rings is 1. The summed E-state index contributed by atoms with van der Waals surface area (Å²) >= 11 is 0. The summed E-state index contributed by atoms with van der Waals surface area (Å²) in [4.78, 5) is 23.6. The molecule has 12 heteroatoms. The first-order valence-corrected chi connectivity index (χ1v) is 9.92. The summed E-state index contributed by atoms with van der Waals surface area (Å²) in [5.74, 6) is 0.542. The highest BCUT2D eigenvalue weighted by atomic mass is 19.3. The van der Waals surface area contributed by atoms with E-state index in [1.54, 1.807) is 36.4 Å². The number of ether oxygens (including phenoxy) is 1. The highest BCUT2D eigenvalue weighted by molar-refractivity contribution is 5.77. The van der Waals surface area contributed by atoms with Crippen LogP contribution < -0.4 is 16.0 Å². The van der Waals surface area contributed by atoms with Crippen molar-refractivity contribution in [3.05, 3.63) is 48.4 Å². The Kier molecular flexibility index (Phi) is 5.19. The number of halogens is 2. The number of hydrogen-bond acceptors (Lipinski definition) is 9. The van der Waals surface area contributed by atoms with Gasteiger partial charge in [0.15, 0.2) is 5.82 Å². The maximum atomic E-state index is 13.9. The van der Waals surface area contributed by atoms with Crippen LogP contribution in [-0.2, 0) is 4.74 Å². The molecule has 3 aromatic heterocycles. The first-order valence-electron chi connectivity index (χ1n) is 9.92. The van der Waals surface area contributed by atoms with Crippen LogP contribution in [0.4, 0.5) is 32.2 Å². The molecular formula is C20H19F2N9O. The number of hydrogen-bond donors (Lipinski definition) is 2. The van der Waals surface area contributed by atoms with Gasteiger partial charge in [-0.15, -0.1) is 0 Å². The lowest BCUT2D eigenvalue weighted by molar-refractivity contribution is 0.122. The number of imidazole rings is 1. The minimum absolute atomic E-state index is 0.0310. The van der Waals surface area contributed by atoms with Gasteiger partial charge in [-0.1, -0.05) is 12.1 Å². The molecule has 10 nitrogen and oxygen atoms in total. The van der Waals surface area contributed by atoms with Gasteiger partial charge in [0, 0.05) is 13.1 Å². The zero-order valence-corrected chi connectivity index (χ0v) is 16.8. The summed E-state index contributed by atoms with van der Waals surface area (Å²) in [6.07, 6.45) is -1.33. The molecule has 164 valence electrons. The highest BCUT2D eigenvalue weighted by Crippen LogP contribution is 2.28. The number of para-hydroxylation sites is 2. The van der Waals surface area contributed by atoms with Crippen molar-refractivity contribution in [3.8, 4) is 5.95 Å². The maximum Gasteiger partial charge on any atom is 0.296 e. The average molecular weight is 439 g/mol. The summed E-state index contributed by atoms with van der Waals surface area (Å²) in [7, 11) is 0. The molecule has 0 amide bonds. The summed E-state index contributed by atoms with van der Waals surface area (Å²) in [6, 6.07) is 10.2. The minimum Gasteiger partial charge on any atom is -0.397 e. The molecule has 0 atom stereocenters. The number of nitrogen functional groups attached to an aromatic ring is 1. The van der Waals surface area contributed by atoms with Gasteiger partial charge in [-0.2, -0.15) is 15.0 Å². The third-order valence-corrected chi connectivity index (χ3v) is 4.91. The minimum atomic E-state index is -2.82. The number of alkyl halides is 2. The first-order chi connectivity index (χ1) is 15.6. The van der Waals surface area contributed by atoms with Crippen LogP contribution >= 0.6 is 0 Å². The monoisotopic (exact) mass is 439 g/mol. The number of rotatable bonds is 5. The normalized spacial score (nSPS) is 14.3. The van der Waals surface area contributed by atoms with Crippen molar-refractivity contribution in [2.75, 3.05) is 42.3 Å². The molecule has 1 fully saturated rings. The van der Waals surface area contributed by atoms with Crippen molar-refractivity contribution < 1.29 is 13.5 Å². The van der Waals surface area contributed by atoms with E-state index in [2.05, 4.69) is 30.2 Å². The van der Waals surface area contributed by atoms with E-state index in [0.29, 0.717) is 54.8 Å². The van der Waals surface area contributed by atoms with Crippen LogP contribution in [0.15, 0.2) is 42.6 Å². The van der Waals surface area contributed by atoms with Crippen molar-refractivity contribution >= 4 is 34.4 Å². The number of nitrogens with one attached hydrogen (secondary N) is 1. The van der Waals surface area contributed by atoms with E-state index < -0.39 is 12.2 Å². The third-order valence-electron chi connectivity index (χ3n) is 4.91. The number of pyridine rings is 1. The molecule has 4 heterocycles.